The van der Waals surface area contributed by atoms with Crippen LogP contribution in [0.15, 0.2) is 12.4 Å². The molecule has 3 nitrogen and oxygen atoms in total. The van der Waals surface area contributed by atoms with Crippen molar-refractivity contribution < 1.29 is 13.2 Å². The Labute approximate surface area is 97.7 Å². The van der Waals surface area contributed by atoms with Crippen molar-refractivity contribution in [2.75, 3.05) is 18.0 Å². The number of hydrogen-bond acceptors (Lipinski definition) is 3. The molecule has 1 fully saturated rings. The van der Waals surface area contributed by atoms with Gasteiger partial charge in [0.2, 0.25) is 5.95 Å². The first-order valence-electron chi connectivity index (χ1n) is 5.57. The van der Waals surface area contributed by atoms with Gasteiger partial charge >= 0.3 is 6.18 Å². The highest BCUT2D eigenvalue weighted by Gasteiger charge is 2.42. The lowest BCUT2D eigenvalue weighted by Crippen LogP contribution is -2.42. The van der Waals surface area contributed by atoms with E-state index >= 15 is 0 Å². The molecule has 6 heteroatoms. The molecule has 1 aromatic heterocycles. The van der Waals surface area contributed by atoms with E-state index in [9.17, 15) is 13.2 Å². The topological polar surface area (TPSA) is 29.0 Å². The van der Waals surface area contributed by atoms with E-state index in [1.54, 1.807) is 17.3 Å². The molecule has 0 aromatic carbocycles. The number of alkyl halides is 3. The third kappa shape index (κ3) is 2.87. The summed E-state index contributed by atoms with van der Waals surface area (Å²) >= 11 is 0. The largest absolute Gasteiger partial charge is 0.393 e. The summed E-state index contributed by atoms with van der Waals surface area (Å²) in [7, 11) is 0. The first-order chi connectivity index (χ1) is 7.97. The van der Waals surface area contributed by atoms with E-state index in [1.807, 2.05) is 6.92 Å². The number of anilines is 1. The minimum atomic E-state index is -4.12. The molecule has 0 amide bonds. The second kappa shape index (κ2) is 4.50. The molecule has 1 aliphatic heterocycles. The maximum atomic E-state index is 12.6. The summed E-state index contributed by atoms with van der Waals surface area (Å²) in [4.78, 5) is 9.74. The summed E-state index contributed by atoms with van der Waals surface area (Å²) in [5, 5.41) is 0. The lowest BCUT2D eigenvalue weighted by atomic mass is 9.98. The van der Waals surface area contributed by atoms with Crippen LogP contribution in [0.5, 0.6) is 0 Å². The van der Waals surface area contributed by atoms with Gasteiger partial charge in [-0.1, -0.05) is 0 Å². The van der Waals surface area contributed by atoms with Gasteiger partial charge in [0, 0.05) is 25.5 Å². The number of rotatable bonds is 1. The lowest BCUT2D eigenvalue weighted by Gasteiger charge is -2.33. The molecule has 0 spiro atoms. The smallest absolute Gasteiger partial charge is 0.340 e. The van der Waals surface area contributed by atoms with Crippen LogP contribution in [0.25, 0.3) is 0 Å². The highest BCUT2D eigenvalue weighted by Crippen LogP contribution is 2.33. The molecule has 1 saturated heterocycles. The zero-order valence-electron chi connectivity index (χ0n) is 9.54. The van der Waals surface area contributed by atoms with Crippen LogP contribution in [0.4, 0.5) is 19.1 Å². The van der Waals surface area contributed by atoms with Gasteiger partial charge in [0.1, 0.15) is 0 Å². The van der Waals surface area contributed by atoms with Crippen LogP contribution < -0.4 is 4.90 Å². The molecule has 1 aliphatic rings. The molecule has 17 heavy (non-hydrogen) atoms. The van der Waals surface area contributed by atoms with Gasteiger partial charge in [-0.25, -0.2) is 9.97 Å². The molecular formula is C11H14F3N3. The average molecular weight is 245 g/mol. The summed E-state index contributed by atoms with van der Waals surface area (Å²) in [5.41, 5.74) is 0.901. The third-order valence-corrected chi connectivity index (χ3v) is 2.93. The standard InChI is InChI=1S/C11H14F3N3/c1-8-5-15-10(16-6-8)17-4-2-3-9(7-17)11(12,13)14/h5-6,9H,2-4,7H2,1H3. The lowest BCUT2D eigenvalue weighted by molar-refractivity contribution is -0.176. The van der Waals surface area contributed by atoms with E-state index in [-0.39, 0.29) is 13.0 Å². The molecule has 1 unspecified atom stereocenters. The van der Waals surface area contributed by atoms with Gasteiger partial charge in [-0.3, -0.25) is 0 Å². The van der Waals surface area contributed by atoms with Crippen molar-refractivity contribution in [3.05, 3.63) is 18.0 Å². The number of halogens is 3. The zero-order chi connectivity index (χ0) is 12.5. The minimum Gasteiger partial charge on any atom is -0.340 e. The molecule has 0 aliphatic carbocycles. The van der Waals surface area contributed by atoms with Crippen LogP contribution in [-0.4, -0.2) is 29.2 Å². The van der Waals surface area contributed by atoms with Crippen LogP contribution in [0.1, 0.15) is 18.4 Å². The van der Waals surface area contributed by atoms with Crippen molar-refractivity contribution in [3.63, 3.8) is 0 Å². The third-order valence-electron chi connectivity index (χ3n) is 2.93. The van der Waals surface area contributed by atoms with Gasteiger partial charge in [0.15, 0.2) is 0 Å². The fraction of sp³-hybridized carbons (Fsp3) is 0.636. The van der Waals surface area contributed by atoms with Crippen molar-refractivity contribution >= 4 is 5.95 Å². The highest BCUT2D eigenvalue weighted by atomic mass is 19.4. The van der Waals surface area contributed by atoms with E-state index in [2.05, 4.69) is 9.97 Å². The summed E-state index contributed by atoms with van der Waals surface area (Å²) in [6, 6.07) is 0. The van der Waals surface area contributed by atoms with Gasteiger partial charge in [0.25, 0.3) is 0 Å². The molecule has 1 aromatic rings. The van der Waals surface area contributed by atoms with Crippen molar-refractivity contribution in [3.8, 4) is 0 Å². The van der Waals surface area contributed by atoms with Gasteiger partial charge in [0.05, 0.1) is 5.92 Å². The van der Waals surface area contributed by atoms with Gasteiger partial charge in [-0.05, 0) is 25.3 Å². The average Bonchev–Trinajstić information content (AvgIpc) is 2.29. The highest BCUT2D eigenvalue weighted by molar-refractivity contribution is 5.30. The van der Waals surface area contributed by atoms with E-state index in [4.69, 9.17) is 0 Å². The van der Waals surface area contributed by atoms with Crippen molar-refractivity contribution in [2.24, 2.45) is 5.92 Å². The van der Waals surface area contributed by atoms with Crippen molar-refractivity contribution in [1.82, 2.24) is 9.97 Å². The quantitative estimate of drug-likeness (QED) is 0.761. The summed E-state index contributed by atoms with van der Waals surface area (Å²) < 4.78 is 37.9. The maximum absolute atomic E-state index is 12.6. The fourth-order valence-corrected chi connectivity index (χ4v) is 1.98. The molecule has 0 N–H and O–H groups in total. The Balaban J connectivity index is 2.09. The Bertz CT molecular complexity index is 375. The van der Waals surface area contributed by atoms with E-state index in [0.717, 1.165) is 5.56 Å². The molecule has 2 rings (SSSR count). The Kier molecular flexibility index (Phi) is 3.22. The number of aromatic nitrogens is 2. The molecule has 1 atom stereocenters. The van der Waals surface area contributed by atoms with Crippen LogP contribution in [-0.2, 0) is 0 Å². The molecule has 0 radical (unpaired) electrons. The van der Waals surface area contributed by atoms with Crippen LogP contribution in [0.2, 0.25) is 0 Å². The summed E-state index contributed by atoms with van der Waals surface area (Å²) in [6.07, 6.45) is -0.143. The molecule has 94 valence electrons. The van der Waals surface area contributed by atoms with E-state index in [0.29, 0.717) is 18.9 Å². The van der Waals surface area contributed by atoms with Gasteiger partial charge < -0.3 is 4.90 Å². The predicted molar refractivity (Wildman–Crippen MR) is 57.8 cm³/mol. The van der Waals surface area contributed by atoms with Crippen LogP contribution in [0, 0.1) is 12.8 Å². The van der Waals surface area contributed by atoms with Gasteiger partial charge in [-0.15, -0.1) is 0 Å². The molecule has 0 saturated carbocycles. The Morgan fingerprint density at radius 1 is 1.29 bits per heavy atom. The normalized spacial score (nSPS) is 21.6. The van der Waals surface area contributed by atoms with Gasteiger partial charge in [-0.2, -0.15) is 13.2 Å². The number of hydrogen-bond donors (Lipinski definition) is 0. The van der Waals surface area contributed by atoms with Crippen LogP contribution >= 0.6 is 0 Å². The van der Waals surface area contributed by atoms with E-state index < -0.39 is 12.1 Å². The van der Waals surface area contributed by atoms with E-state index in [1.165, 1.54) is 0 Å². The molecular weight excluding hydrogens is 231 g/mol. The van der Waals surface area contributed by atoms with Crippen molar-refractivity contribution in [2.45, 2.75) is 25.9 Å². The summed E-state index contributed by atoms with van der Waals surface area (Å²) in [6.45, 7) is 2.40. The molecule has 2 heterocycles. The predicted octanol–water partition coefficient (Wildman–Crippen LogP) is 2.56. The monoisotopic (exact) mass is 245 g/mol. The Morgan fingerprint density at radius 2 is 1.94 bits per heavy atom. The van der Waals surface area contributed by atoms with Crippen LogP contribution in [0.3, 0.4) is 0 Å². The Morgan fingerprint density at radius 3 is 2.53 bits per heavy atom. The number of nitrogens with zero attached hydrogens (tertiary/aromatic N) is 3. The maximum Gasteiger partial charge on any atom is 0.393 e. The first kappa shape index (κ1) is 12.1. The van der Waals surface area contributed by atoms with Crippen molar-refractivity contribution in [1.29, 1.82) is 0 Å². The SMILES string of the molecule is Cc1cnc(N2CCCC(C(F)(F)F)C2)nc1. The Hall–Kier alpha value is -1.33. The minimum absolute atomic E-state index is 0.0352. The number of piperidine rings is 1. The summed E-state index contributed by atoms with van der Waals surface area (Å²) in [5.74, 6) is -0.870. The second-order valence-electron chi connectivity index (χ2n) is 4.39. The second-order valence-corrected chi connectivity index (χ2v) is 4.39. The first-order valence-corrected chi connectivity index (χ1v) is 5.57. The fourth-order valence-electron chi connectivity index (χ4n) is 1.98. The molecule has 0 bridgehead atoms. The number of aryl methyl sites for hydroxylation is 1. The zero-order valence-corrected chi connectivity index (χ0v) is 9.54.